The molecular weight excluding hydrogens is 269 g/mol. The Kier molecular flexibility index (Phi) is 4.65. The SMILES string of the molecule is O=C(Nc1cccc(CCC(F)(F)F)c1)C1CCCN1. The van der Waals surface area contributed by atoms with Crippen molar-refractivity contribution in [3.63, 3.8) is 0 Å². The van der Waals surface area contributed by atoms with Crippen LogP contribution in [-0.2, 0) is 11.2 Å². The second kappa shape index (κ2) is 6.26. The average molecular weight is 286 g/mol. The Hall–Kier alpha value is -1.56. The number of anilines is 1. The minimum atomic E-state index is -4.16. The summed E-state index contributed by atoms with van der Waals surface area (Å²) in [7, 11) is 0. The predicted octanol–water partition coefficient (Wildman–Crippen LogP) is 2.87. The van der Waals surface area contributed by atoms with Crippen LogP contribution in [0.25, 0.3) is 0 Å². The number of benzene rings is 1. The van der Waals surface area contributed by atoms with E-state index in [1.807, 2.05) is 0 Å². The van der Waals surface area contributed by atoms with E-state index in [-0.39, 0.29) is 18.4 Å². The summed E-state index contributed by atoms with van der Waals surface area (Å²) in [5.74, 6) is -0.129. The Morgan fingerprint density at radius 1 is 1.40 bits per heavy atom. The lowest BCUT2D eigenvalue weighted by atomic mass is 10.1. The number of carbonyl (C=O) groups excluding carboxylic acids is 1. The molecule has 1 amide bonds. The van der Waals surface area contributed by atoms with E-state index in [9.17, 15) is 18.0 Å². The molecule has 0 aliphatic carbocycles. The van der Waals surface area contributed by atoms with Crippen LogP contribution >= 0.6 is 0 Å². The van der Waals surface area contributed by atoms with Gasteiger partial charge in [0, 0.05) is 12.1 Å². The Morgan fingerprint density at radius 2 is 2.20 bits per heavy atom. The molecule has 1 saturated heterocycles. The highest BCUT2D eigenvalue weighted by atomic mass is 19.4. The van der Waals surface area contributed by atoms with Crippen molar-refractivity contribution >= 4 is 11.6 Å². The number of nitrogens with one attached hydrogen (secondary N) is 2. The molecule has 0 bridgehead atoms. The third kappa shape index (κ3) is 4.52. The highest BCUT2D eigenvalue weighted by Gasteiger charge is 2.26. The molecule has 0 saturated carbocycles. The van der Waals surface area contributed by atoms with Crippen molar-refractivity contribution in [1.82, 2.24) is 5.32 Å². The first-order valence-corrected chi connectivity index (χ1v) is 6.64. The van der Waals surface area contributed by atoms with Crippen LogP contribution in [0.2, 0.25) is 0 Å². The first-order valence-electron chi connectivity index (χ1n) is 6.64. The van der Waals surface area contributed by atoms with Gasteiger partial charge in [0.1, 0.15) is 0 Å². The Balaban J connectivity index is 1.93. The molecule has 20 heavy (non-hydrogen) atoms. The summed E-state index contributed by atoms with van der Waals surface area (Å²) in [4.78, 5) is 11.9. The minimum Gasteiger partial charge on any atom is -0.325 e. The Morgan fingerprint density at radius 3 is 2.85 bits per heavy atom. The minimum absolute atomic E-state index is 0.0745. The Bertz CT molecular complexity index is 468. The van der Waals surface area contributed by atoms with Crippen LogP contribution in [0, 0.1) is 0 Å². The van der Waals surface area contributed by atoms with Crippen molar-refractivity contribution in [2.24, 2.45) is 0 Å². The zero-order valence-electron chi connectivity index (χ0n) is 11.0. The number of alkyl halides is 3. The third-order valence-electron chi connectivity index (χ3n) is 3.27. The fourth-order valence-electron chi connectivity index (χ4n) is 2.23. The standard InChI is InChI=1S/C14H17F3N2O/c15-14(16,17)7-6-10-3-1-4-11(9-10)19-13(20)12-5-2-8-18-12/h1,3-4,9,12,18H,2,5-8H2,(H,19,20). The summed E-state index contributed by atoms with van der Waals surface area (Å²) in [6.07, 6.45) is -3.33. The number of carbonyl (C=O) groups is 1. The van der Waals surface area contributed by atoms with Gasteiger partial charge in [0.2, 0.25) is 5.91 Å². The molecule has 110 valence electrons. The second-order valence-electron chi connectivity index (χ2n) is 4.95. The molecule has 1 heterocycles. The van der Waals surface area contributed by atoms with E-state index in [1.54, 1.807) is 24.3 Å². The molecule has 1 aliphatic rings. The molecule has 0 radical (unpaired) electrons. The average Bonchev–Trinajstić information content (AvgIpc) is 2.90. The molecule has 0 aromatic heterocycles. The summed E-state index contributed by atoms with van der Waals surface area (Å²) in [5, 5.41) is 5.81. The van der Waals surface area contributed by atoms with Crippen molar-refractivity contribution in [2.75, 3.05) is 11.9 Å². The summed E-state index contributed by atoms with van der Waals surface area (Å²) in [6, 6.07) is 6.37. The predicted molar refractivity (Wildman–Crippen MR) is 70.5 cm³/mol. The summed E-state index contributed by atoms with van der Waals surface area (Å²) < 4.78 is 36.5. The first kappa shape index (κ1) is 14.8. The Labute approximate surface area is 115 Å². The van der Waals surface area contributed by atoms with Crippen LogP contribution in [0.3, 0.4) is 0 Å². The molecule has 1 atom stereocenters. The lowest BCUT2D eigenvalue weighted by Crippen LogP contribution is -2.35. The van der Waals surface area contributed by atoms with Gasteiger partial charge in [-0.3, -0.25) is 4.79 Å². The van der Waals surface area contributed by atoms with Crippen molar-refractivity contribution in [3.05, 3.63) is 29.8 Å². The van der Waals surface area contributed by atoms with Gasteiger partial charge < -0.3 is 10.6 Å². The number of hydrogen-bond acceptors (Lipinski definition) is 2. The maximum atomic E-state index is 12.2. The molecule has 1 fully saturated rings. The van der Waals surface area contributed by atoms with E-state index in [2.05, 4.69) is 10.6 Å². The van der Waals surface area contributed by atoms with Crippen LogP contribution in [0.5, 0.6) is 0 Å². The van der Waals surface area contributed by atoms with Gasteiger partial charge in [-0.2, -0.15) is 13.2 Å². The van der Waals surface area contributed by atoms with Crippen molar-refractivity contribution in [1.29, 1.82) is 0 Å². The fraction of sp³-hybridized carbons (Fsp3) is 0.500. The molecule has 1 unspecified atom stereocenters. The molecule has 3 nitrogen and oxygen atoms in total. The van der Waals surface area contributed by atoms with Gasteiger partial charge in [-0.1, -0.05) is 12.1 Å². The maximum Gasteiger partial charge on any atom is 0.389 e. The summed E-state index contributed by atoms with van der Waals surface area (Å²) in [6.45, 7) is 0.823. The van der Waals surface area contributed by atoms with E-state index in [1.165, 1.54) is 0 Å². The monoisotopic (exact) mass is 286 g/mol. The lowest BCUT2D eigenvalue weighted by molar-refractivity contribution is -0.134. The number of amides is 1. The van der Waals surface area contributed by atoms with Crippen LogP contribution in [-0.4, -0.2) is 24.7 Å². The van der Waals surface area contributed by atoms with E-state index in [0.717, 1.165) is 19.4 Å². The van der Waals surface area contributed by atoms with Gasteiger partial charge in [-0.25, -0.2) is 0 Å². The van der Waals surface area contributed by atoms with Gasteiger partial charge in [-0.05, 0) is 43.5 Å². The third-order valence-corrected chi connectivity index (χ3v) is 3.27. The number of hydrogen-bond donors (Lipinski definition) is 2. The van der Waals surface area contributed by atoms with Crippen molar-refractivity contribution in [3.8, 4) is 0 Å². The van der Waals surface area contributed by atoms with E-state index in [0.29, 0.717) is 11.3 Å². The summed E-state index contributed by atoms with van der Waals surface area (Å²) in [5.41, 5.74) is 1.11. The van der Waals surface area contributed by atoms with Crippen LogP contribution < -0.4 is 10.6 Å². The van der Waals surface area contributed by atoms with Crippen LogP contribution in [0.4, 0.5) is 18.9 Å². The van der Waals surface area contributed by atoms with Crippen LogP contribution in [0.1, 0.15) is 24.8 Å². The molecule has 1 aromatic carbocycles. The number of halogens is 3. The molecule has 0 spiro atoms. The normalized spacial score (nSPS) is 19.1. The first-order chi connectivity index (χ1) is 9.44. The number of aryl methyl sites for hydroxylation is 1. The van der Waals surface area contributed by atoms with Crippen molar-refractivity contribution < 1.29 is 18.0 Å². The topological polar surface area (TPSA) is 41.1 Å². The van der Waals surface area contributed by atoms with Gasteiger partial charge >= 0.3 is 6.18 Å². The largest absolute Gasteiger partial charge is 0.389 e. The highest BCUT2D eigenvalue weighted by molar-refractivity contribution is 5.95. The fourth-order valence-corrected chi connectivity index (χ4v) is 2.23. The quantitative estimate of drug-likeness (QED) is 0.893. The smallest absolute Gasteiger partial charge is 0.325 e. The molecule has 2 rings (SSSR count). The molecule has 1 aromatic rings. The molecule has 1 aliphatic heterocycles. The molecule has 2 N–H and O–H groups in total. The van der Waals surface area contributed by atoms with Crippen LogP contribution in [0.15, 0.2) is 24.3 Å². The van der Waals surface area contributed by atoms with Gasteiger partial charge in [0.05, 0.1) is 6.04 Å². The molecular formula is C14H17F3N2O. The number of rotatable bonds is 4. The highest BCUT2D eigenvalue weighted by Crippen LogP contribution is 2.23. The van der Waals surface area contributed by atoms with E-state index >= 15 is 0 Å². The van der Waals surface area contributed by atoms with Gasteiger partial charge in [-0.15, -0.1) is 0 Å². The zero-order chi connectivity index (χ0) is 14.6. The van der Waals surface area contributed by atoms with Gasteiger partial charge in [0.15, 0.2) is 0 Å². The second-order valence-corrected chi connectivity index (χ2v) is 4.95. The zero-order valence-corrected chi connectivity index (χ0v) is 11.0. The maximum absolute atomic E-state index is 12.2. The lowest BCUT2D eigenvalue weighted by Gasteiger charge is -2.12. The van der Waals surface area contributed by atoms with E-state index < -0.39 is 12.6 Å². The van der Waals surface area contributed by atoms with E-state index in [4.69, 9.17) is 0 Å². The van der Waals surface area contributed by atoms with Gasteiger partial charge in [0.25, 0.3) is 0 Å². The molecule has 6 heteroatoms. The summed E-state index contributed by atoms with van der Waals surface area (Å²) >= 11 is 0. The van der Waals surface area contributed by atoms with Crippen molar-refractivity contribution in [2.45, 2.75) is 37.9 Å².